The van der Waals surface area contributed by atoms with Gasteiger partial charge in [0.25, 0.3) is 0 Å². The van der Waals surface area contributed by atoms with E-state index >= 15 is 0 Å². The van der Waals surface area contributed by atoms with Gasteiger partial charge in [0.2, 0.25) is 11.6 Å². The van der Waals surface area contributed by atoms with Crippen molar-refractivity contribution in [1.82, 2.24) is 4.98 Å². The van der Waals surface area contributed by atoms with Crippen LogP contribution in [0.2, 0.25) is 0 Å². The fourth-order valence-electron chi connectivity index (χ4n) is 1.97. The molecule has 0 saturated heterocycles. The Labute approximate surface area is 97.3 Å². The third-order valence-electron chi connectivity index (χ3n) is 2.85. The van der Waals surface area contributed by atoms with Gasteiger partial charge in [-0.3, -0.25) is 14.6 Å². The van der Waals surface area contributed by atoms with Crippen LogP contribution in [0.25, 0.3) is 0 Å². The highest BCUT2D eigenvalue weighted by molar-refractivity contribution is 6.26. The molecule has 0 spiro atoms. The highest BCUT2D eigenvalue weighted by Gasteiger charge is 2.34. The molecule has 0 amide bonds. The average molecular weight is 227 g/mol. The highest BCUT2D eigenvalue weighted by Crippen LogP contribution is 2.28. The van der Waals surface area contributed by atoms with E-state index in [4.69, 9.17) is 4.42 Å². The summed E-state index contributed by atoms with van der Waals surface area (Å²) in [4.78, 5) is 28.2. The van der Waals surface area contributed by atoms with E-state index in [2.05, 4.69) is 4.98 Å². The topological polar surface area (TPSA) is 60.2 Å². The average Bonchev–Trinajstić information content (AvgIpc) is 2.80. The maximum Gasteiger partial charge on any atom is 0.231 e. The highest BCUT2D eigenvalue weighted by atomic mass is 16.3. The number of aryl methyl sites for hydroxylation is 1. The summed E-state index contributed by atoms with van der Waals surface area (Å²) < 4.78 is 5.40. The minimum Gasteiger partial charge on any atom is -0.457 e. The molecule has 0 saturated carbocycles. The number of pyridine rings is 1. The number of carbonyl (C=O) groups is 2. The van der Waals surface area contributed by atoms with Crippen molar-refractivity contribution in [3.63, 3.8) is 0 Å². The summed E-state index contributed by atoms with van der Waals surface area (Å²) in [5, 5.41) is 0. The zero-order valence-electron chi connectivity index (χ0n) is 9.19. The molecule has 2 aromatic heterocycles. The zero-order chi connectivity index (χ0) is 12.0. The van der Waals surface area contributed by atoms with Crippen LogP contribution in [0.1, 0.15) is 44.9 Å². The van der Waals surface area contributed by atoms with Gasteiger partial charge in [0.1, 0.15) is 11.5 Å². The lowest BCUT2D eigenvalue weighted by Crippen LogP contribution is -2.20. The normalized spacial score (nSPS) is 13.5. The van der Waals surface area contributed by atoms with Crippen molar-refractivity contribution in [2.24, 2.45) is 0 Å². The molecule has 84 valence electrons. The Kier molecular flexibility index (Phi) is 1.98. The summed E-state index contributed by atoms with van der Waals surface area (Å²) in [5.74, 6) is 0.290. The lowest BCUT2D eigenvalue weighted by atomic mass is 9.92. The lowest BCUT2D eigenvalue weighted by Gasteiger charge is -2.10. The molecule has 0 bridgehead atoms. The molecule has 0 aromatic carbocycles. The van der Waals surface area contributed by atoms with Crippen molar-refractivity contribution in [2.75, 3.05) is 0 Å². The Morgan fingerprint density at radius 2 is 2.06 bits per heavy atom. The Morgan fingerprint density at radius 3 is 2.82 bits per heavy atom. The molecule has 0 radical (unpaired) electrons. The first-order valence-electron chi connectivity index (χ1n) is 5.39. The molecule has 17 heavy (non-hydrogen) atoms. The molecule has 0 fully saturated rings. The maximum atomic E-state index is 12.1. The van der Waals surface area contributed by atoms with Crippen molar-refractivity contribution >= 4 is 11.6 Å². The fourth-order valence-corrected chi connectivity index (χ4v) is 1.97. The van der Waals surface area contributed by atoms with Gasteiger partial charge in [0.15, 0.2) is 5.76 Å². The van der Waals surface area contributed by atoms with E-state index in [1.54, 1.807) is 18.2 Å². The molecule has 2 heterocycles. The SMILES string of the molecule is CCc1cc2c(o1)C(=O)c1cccnc1C2=O. The Hall–Kier alpha value is -2.23. The molecule has 0 aliphatic heterocycles. The molecule has 2 aromatic rings. The van der Waals surface area contributed by atoms with Gasteiger partial charge in [-0.25, -0.2) is 0 Å². The molecule has 4 heteroatoms. The van der Waals surface area contributed by atoms with Crippen molar-refractivity contribution < 1.29 is 14.0 Å². The summed E-state index contributed by atoms with van der Waals surface area (Å²) in [6.07, 6.45) is 2.16. The zero-order valence-corrected chi connectivity index (χ0v) is 9.19. The number of ketones is 2. The Bertz CT molecular complexity index is 587. The molecule has 0 N–H and O–H groups in total. The van der Waals surface area contributed by atoms with E-state index in [-0.39, 0.29) is 23.0 Å². The van der Waals surface area contributed by atoms with Gasteiger partial charge in [-0.2, -0.15) is 0 Å². The lowest BCUT2D eigenvalue weighted by molar-refractivity contribution is 0.0956. The largest absolute Gasteiger partial charge is 0.457 e. The first kappa shape index (κ1) is 9.96. The van der Waals surface area contributed by atoms with Gasteiger partial charge in [0, 0.05) is 12.6 Å². The summed E-state index contributed by atoms with van der Waals surface area (Å²) in [6, 6.07) is 4.87. The summed E-state index contributed by atoms with van der Waals surface area (Å²) >= 11 is 0. The smallest absolute Gasteiger partial charge is 0.231 e. The number of aromatic nitrogens is 1. The van der Waals surface area contributed by atoms with Crippen LogP contribution in [0.5, 0.6) is 0 Å². The molecule has 0 unspecified atom stereocenters. The molecule has 4 nitrogen and oxygen atoms in total. The van der Waals surface area contributed by atoms with Crippen molar-refractivity contribution in [3.8, 4) is 0 Å². The van der Waals surface area contributed by atoms with Gasteiger partial charge in [0.05, 0.1) is 11.1 Å². The first-order valence-corrected chi connectivity index (χ1v) is 5.39. The van der Waals surface area contributed by atoms with E-state index in [0.717, 1.165) is 0 Å². The minimum absolute atomic E-state index is 0.146. The number of carbonyl (C=O) groups excluding carboxylic acids is 2. The van der Waals surface area contributed by atoms with Crippen LogP contribution in [0.15, 0.2) is 28.8 Å². The van der Waals surface area contributed by atoms with E-state index in [0.29, 0.717) is 23.3 Å². The third-order valence-corrected chi connectivity index (χ3v) is 2.85. The van der Waals surface area contributed by atoms with Crippen LogP contribution in [0.3, 0.4) is 0 Å². The number of fused-ring (bicyclic) bond motifs is 2. The molecule has 0 atom stereocenters. The molecular formula is C13H9NO3. The Balaban J connectivity index is 2.27. The Morgan fingerprint density at radius 1 is 1.24 bits per heavy atom. The maximum absolute atomic E-state index is 12.1. The number of hydrogen-bond donors (Lipinski definition) is 0. The third kappa shape index (κ3) is 1.27. The van der Waals surface area contributed by atoms with E-state index in [1.807, 2.05) is 6.92 Å². The van der Waals surface area contributed by atoms with Crippen LogP contribution in [-0.4, -0.2) is 16.6 Å². The standard InChI is InChI=1S/C13H9NO3/c1-2-7-6-9-11(15)10-8(4-3-5-14-10)12(16)13(9)17-7/h3-6H,2H2,1H3. The number of hydrogen-bond acceptors (Lipinski definition) is 4. The predicted molar refractivity (Wildman–Crippen MR) is 59.2 cm³/mol. The second-order valence-corrected chi connectivity index (χ2v) is 3.87. The van der Waals surface area contributed by atoms with Crippen molar-refractivity contribution in [2.45, 2.75) is 13.3 Å². The minimum atomic E-state index is -0.262. The van der Waals surface area contributed by atoms with E-state index in [1.165, 1.54) is 6.20 Å². The number of rotatable bonds is 1. The van der Waals surface area contributed by atoms with Gasteiger partial charge in [-0.05, 0) is 18.2 Å². The number of furan rings is 1. The fraction of sp³-hybridized carbons (Fsp3) is 0.154. The molecular weight excluding hydrogens is 218 g/mol. The van der Waals surface area contributed by atoms with Gasteiger partial charge in [-0.15, -0.1) is 0 Å². The summed E-state index contributed by atoms with van der Waals surface area (Å²) in [6.45, 7) is 1.91. The van der Waals surface area contributed by atoms with Gasteiger partial charge in [-0.1, -0.05) is 6.92 Å². The van der Waals surface area contributed by atoms with Crippen LogP contribution < -0.4 is 0 Å². The van der Waals surface area contributed by atoms with Crippen molar-refractivity contribution in [1.29, 1.82) is 0 Å². The first-order chi connectivity index (χ1) is 8.22. The summed E-state index contributed by atoms with van der Waals surface area (Å²) in [7, 11) is 0. The second-order valence-electron chi connectivity index (χ2n) is 3.87. The van der Waals surface area contributed by atoms with Crippen LogP contribution >= 0.6 is 0 Å². The second kappa shape index (κ2) is 3.38. The van der Waals surface area contributed by atoms with Gasteiger partial charge < -0.3 is 4.42 Å². The number of nitrogens with zero attached hydrogens (tertiary/aromatic N) is 1. The molecule has 1 aliphatic rings. The van der Waals surface area contributed by atoms with Crippen LogP contribution in [0.4, 0.5) is 0 Å². The van der Waals surface area contributed by atoms with E-state index < -0.39 is 0 Å². The van der Waals surface area contributed by atoms with Crippen LogP contribution in [-0.2, 0) is 6.42 Å². The molecule has 3 rings (SSSR count). The van der Waals surface area contributed by atoms with E-state index in [9.17, 15) is 9.59 Å². The van der Waals surface area contributed by atoms with Crippen molar-refractivity contribution in [3.05, 3.63) is 52.7 Å². The molecule has 1 aliphatic carbocycles. The monoisotopic (exact) mass is 227 g/mol. The quantitative estimate of drug-likeness (QED) is 0.638. The predicted octanol–water partition coefficient (Wildman–Crippen LogP) is 2.01. The summed E-state index contributed by atoms with van der Waals surface area (Å²) in [5.41, 5.74) is 0.869. The van der Waals surface area contributed by atoms with Crippen LogP contribution in [0, 0.1) is 0 Å². The van der Waals surface area contributed by atoms with Gasteiger partial charge >= 0.3 is 0 Å².